The summed E-state index contributed by atoms with van der Waals surface area (Å²) in [6, 6.07) is 0. The summed E-state index contributed by atoms with van der Waals surface area (Å²) in [5.41, 5.74) is 5.14. The van der Waals surface area contributed by atoms with Gasteiger partial charge in [0.05, 0.1) is 0 Å². The van der Waals surface area contributed by atoms with Crippen molar-refractivity contribution in [3.8, 4) is 0 Å². The fraction of sp³-hybridized carbons (Fsp3) is 0.833. The van der Waals surface area contributed by atoms with Crippen LogP contribution in [0.4, 0.5) is 0 Å². The maximum Gasteiger partial charge on any atom is 0 e. The normalized spacial score (nSPS) is 7.33. The molecule has 1 nitrogen and oxygen atoms in total. The van der Waals surface area contributed by atoms with E-state index in [1.165, 1.54) is 19.3 Å². The predicted molar refractivity (Wildman–Crippen MR) is 32.6 cm³/mol. The van der Waals surface area contributed by atoms with Crippen LogP contribution in [-0.4, -0.2) is 0 Å². The molecule has 0 amide bonds. The maximum absolute atomic E-state index is 5.14. The third kappa shape index (κ3) is 17.6. The molecule has 3 heteroatoms. The van der Waals surface area contributed by atoms with Crippen LogP contribution >= 0.6 is 0 Å². The van der Waals surface area contributed by atoms with Crippen LogP contribution in [0.3, 0.4) is 0 Å². The second-order valence-electron chi connectivity index (χ2n) is 1.73. The number of hydrogen-bond donors (Lipinski definition) is 1. The molecular weight excluding hydrogens is 204 g/mol. The van der Waals surface area contributed by atoms with E-state index in [1.807, 2.05) is 0 Å². The van der Waals surface area contributed by atoms with E-state index in [0.29, 0.717) is 0 Å². The Morgan fingerprint density at radius 2 is 1.78 bits per heavy atom. The Labute approximate surface area is 78.5 Å². The van der Waals surface area contributed by atoms with Gasteiger partial charge in [-0.15, -0.1) is 0 Å². The van der Waals surface area contributed by atoms with Crippen molar-refractivity contribution < 1.29 is 33.6 Å². The van der Waals surface area contributed by atoms with E-state index < -0.39 is 0 Å². The fourth-order valence-electron chi connectivity index (χ4n) is 0.512. The molecule has 0 aliphatic heterocycles. The van der Waals surface area contributed by atoms with E-state index in [4.69, 9.17) is 5.73 Å². The summed E-state index contributed by atoms with van der Waals surface area (Å²) in [6.45, 7) is 3.92. The third-order valence-corrected chi connectivity index (χ3v) is 0.974. The van der Waals surface area contributed by atoms with Gasteiger partial charge >= 0.3 is 0 Å². The molecule has 0 atom stereocenters. The zero-order chi connectivity index (χ0) is 5.54. The second-order valence-corrected chi connectivity index (χ2v) is 1.73. The average Bonchev–Trinajstić information content (AvgIpc) is 1.69. The minimum Gasteiger partial charge on any atom is -0.483 e. The summed E-state index contributed by atoms with van der Waals surface area (Å²) in [4.78, 5) is 0. The van der Waals surface area contributed by atoms with E-state index in [-0.39, 0.29) is 33.6 Å². The third-order valence-electron chi connectivity index (χ3n) is 0.974. The standard InChI is InChI=1S/C6H14N.2Co/c1-2-3-4-5-6-7;;/h6H,2-5,7H2,1H3;;/q-1;;. The largest absolute Gasteiger partial charge is 0.483 e. The molecule has 0 bridgehead atoms. The Bertz CT molecular complexity index is 30.2. The Hall–Kier alpha value is 0.973. The van der Waals surface area contributed by atoms with Gasteiger partial charge in [0.25, 0.3) is 0 Å². The molecule has 0 fully saturated rings. The van der Waals surface area contributed by atoms with Gasteiger partial charge in [0, 0.05) is 33.6 Å². The number of unbranched alkanes of at least 4 members (excludes halogenated alkanes) is 3. The van der Waals surface area contributed by atoms with Gasteiger partial charge in [-0.05, 0) is 0 Å². The SMILES string of the molecule is CCCCC[CH-]N.[Co].[Co]. The summed E-state index contributed by atoms with van der Waals surface area (Å²) >= 11 is 0. The average molecular weight is 218 g/mol. The Morgan fingerprint density at radius 1 is 1.22 bits per heavy atom. The molecule has 0 aromatic heterocycles. The zero-order valence-electron chi connectivity index (χ0n) is 5.65. The maximum atomic E-state index is 5.14. The van der Waals surface area contributed by atoms with Gasteiger partial charge < -0.3 is 5.73 Å². The Kier molecular flexibility index (Phi) is 29.3. The molecule has 0 aliphatic carbocycles. The number of nitrogens with two attached hydrogens (primary N) is 1. The van der Waals surface area contributed by atoms with Crippen molar-refractivity contribution in [3.63, 3.8) is 0 Å². The molecule has 0 spiro atoms. The van der Waals surface area contributed by atoms with Crippen molar-refractivity contribution in [3.05, 3.63) is 6.54 Å². The molecule has 0 saturated heterocycles. The summed E-state index contributed by atoms with van der Waals surface area (Å²) in [5.74, 6) is 0. The summed E-state index contributed by atoms with van der Waals surface area (Å²) in [5, 5.41) is 0. The summed E-state index contributed by atoms with van der Waals surface area (Å²) < 4.78 is 0. The molecule has 0 saturated carbocycles. The molecule has 0 aliphatic rings. The van der Waals surface area contributed by atoms with Crippen molar-refractivity contribution >= 4 is 0 Å². The zero-order valence-corrected chi connectivity index (χ0v) is 7.73. The smallest absolute Gasteiger partial charge is 0 e. The van der Waals surface area contributed by atoms with Crippen molar-refractivity contribution in [1.82, 2.24) is 0 Å². The van der Waals surface area contributed by atoms with Crippen LogP contribution in [0, 0.1) is 6.54 Å². The van der Waals surface area contributed by atoms with Crippen LogP contribution < -0.4 is 5.73 Å². The van der Waals surface area contributed by atoms with Gasteiger partial charge in [-0.1, -0.05) is 26.2 Å². The van der Waals surface area contributed by atoms with Gasteiger partial charge in [0.2, 0.25) is 0 Å². The minimum atomic E-state index is 0. The van der Waals surface area contributed by atoms with E-state index in [1.54, 1.807) is 6.54 Å². The van der Waals surface area contributed by atoms with Crippen LogP contribution in [0.25, 0.3) is 0 Å². The molecule has 0 unspecified atom stereocenters. The molecule has 62 valence electrons. The van der Waals surface area contributed by atoms with Gasteiger partial charge in [-0.3, -0.25) is 6.54 Å². The first-order valence-electron chi connectivity index (χ1n) is 2.95. The summed E-state index contributed by atoms with van der Waals surface area (Å²) in [7, 11) is 0. The van der Waals surface area contributed by atoms with Crippen molar-refractivity contribution in [1.29, 1.82) is 0 Å². The first kappa shape index (κ1) is 16.5. The molecule has 2 N–H and O–H groups in total. The molecular formula is C6H14Co2N-. The van der Waals surface area contributed by atoms with E-state index in [2.05, 4.69) is 6.92 Å². The molecule has 0 heterocycles. The van der Waals surface area contributed by atoms with Crippen LogP contribution in [0.1, 0.15) is 32.6 Å². The first-order valence-corrected chi connectivity index (χ1v) is 2.95. The van der Waals surface area contributed by atoms with Crippen LogP contribution in [0.5, 0.6) is 0 Å². The predicted octanol–water partition coefficient (Wildman–Crippen LogP) is 1.68. The molecule has 9 heavy (non-hydrogen) atoms. The fourth-order valence-corrected chi connectivity index (χ4v) is 0.512. The topological polar surface area (TPSA) is 26.0 Å². The van der Waals surface area contributed by atoms with Crippen molar-refractivity contribution in [2.75, 3.05) is 0 Å². The Morgan fingerprint density at radius 3 is 2.11 bits per heavy atom. The van der Waals surface area contributed by atoms with E-state index in [0.717, 1.165) is 6.42 Å². The number of rotatable bonds is 4. The van der Waals surface area contributed by atoms with E-state index >= 15 is 0 Å². The summed E-state index contributed by atoms with van der Waals surface area (Å²) in [6.07, 6.45) is 4.93. The first-order chi connectivity index (χ1) is 3.41. The van der Waals surface area contributed by atoms with Gasteiger partial charge in [-0.2, -0.15) is 6.42 Å². The number of hydrogen-bond acceptors (Lipinski definition) is 1. The van der Waals surface area contributed by atoms with Crippen molar-refractivity contribution in [2.24, 2.45) is 5.73 Å². The van der Waals surface area contributed by atoms with Gasteiger partial charge in [0.15, 0.2) is 0 Å². The molecule has 2 radical (unpaired) electrons. The minimum absolute atomic E-state index is 0. The monoisotopic (exact) mass is 218 g/mol. The Balaban J connectivity index is -0.000000180. The quantitative estimate of drug-likeness (QED) is 0.563. The van der Waals surface area contributed by atoms with Crippen LogP contribution in [0.15, 0.2) is 0 Å². The van der Waals surface area contributed by atoms with Gasteiger partial charge in [0.1, 0.15) is 0 Å². The van der Waals surface area contributed by atoms with Crippen molar-refractivity contribution in [2.45, 2.75) is 32.6 Å². The van der Waals surface area contributed by atoms with Gasteiger partial charge in [-0.25, -0.2) is 0 Å². The second kappa shape index (κ2) is 16.0. The van der Waals surface area contributed by atoms with Crippen LogP contribution in [-0.2, 0) is 33.6 Å². The van der Waals surface area contributed by atoms with E-state index in [9.17, 15) is 0 Å². The molecule has 0 rings (SSSR count). The molecule has 0 aromatic rings. The van der Waals surface area contributed by atoms with Crippen LogP contribution in [0.2, 0.25) is 0 Å². The molecule has 0 aromatic carbocycles.